The van der Waals surface area contributed by atoms with Gasteiger partial charge >= 0.3 is 0 Å². The Hall–Kier alpha value is -2.73. The third kappa shape index (κ3) is 3.91. The van der Waals surface area contributed by atoms with Gasteiger partial charge in [-0.1, -0.05) is 35.6 Å². The highest BCUT2D eigenvalue weighted by Crippen LogP contribution is 2.20. The molecule has 0 aliphatic rings. The van der Waals surface area contributed by atoms with E-state index in [1.165, 1.54) is 17.4 Å². The second-order valence-corrected chi connectivity index (χ2v) is 6.64. The van der Waals surface area contributed by atoms with E-state index in [9.17, 15) is 9.18 Å². The quantitative estimate of drug-likeness (QED) is 0.613. The van der Waals surface area contributed by atoms with Gasteiger partial charge < -0.3 is 9.30 Å². The first-order valence-electron chi connectivity index (χ1n) is 8.30. The summed E-state index contributed by atoms with van der Waals surface area (Å²) in [4.78, 5) is 17.1. The van der Waals surface area contributed by atoms with Gasteiger partial charge in [0.1, 0.15) is 11.6 Å². The first-order chi connectivity index (χ1) is 12.6. The first-order valence-corrected chi connectivity index (χ1v) is 9.12. The molecule has 3 rings (SSSR count). The summed E-state index contributed by atoms with van der Waals surface area (Å²) in [5.74, 6) is 0.157. The summed E-state index contributed by atoms with van der Waals surface area (Å²) in [6.45, 7) is 6.61. The SMILES string of the molecule is C=CCn1c(=NC(=O)Cc2ccc(OCC)cc2)sc2cccc(F)c21. The number of nitrogens with zero attached hydrogens (tertiary/aromatic N) is 2. The number of fused-ring (bicyclic) bond motifs is 1. The number of benzene rings is 2. The second kappa shape index (κ2) is 8.10. The minimum absolute atomic E-state index is 0.178. The number of hydrogen-bond acceptors (Lipinski definition) is 3. The fourth-order valence-corrected chi connectivity index (χ4v) is 3.73. The molecule has 0 N–H and O–H groups in total. The van der Waals surface area contributed by atoms with Crippen LogP contribution < -0.4 is 9.54 Å². The van der Waals surface area contributed by atoms with Crippen LogP contribution in [0.1, 0.15) is 12.5 Å². The van der Waals surface area contributed by atoms with Gasteiger partial charge in [-0.15, -0.1) is 6.58 Å². The second-order valence-electron chi connectivity index (χ2n) is 5.63. The van der Waals surface area contributed by atoms with Crippen LogP contribution in [0, 0.1) is 5.82 Å². The number of hydrogen-bond donors (Lipinski definition) is 0. The average molecular weight is 370 g/mol. The van der Waals surface area contributed by atoms with Crippen LogP contribution in [0.15, 0.2) is 60.1 Å². The van der Waals surface area contributed by atoms with Crippen molar-refractivity contribution in [1.82, 2.24) is 4.57 Å². The molecule has 0 unspecified atom stereocenters. The van der Waals surface area contributed by atoms with Gasteiger partial charge in [-0.2, -0.15) is 4.99 Å². The highest BCUT2D eigenvalue weighted by Gasteiger charge is 2.11. The van der Waals surface area contributed by atoms with Gasteiger partial charge in [0.2, 0.25) is 0 Å². The van der Waals surface area contributed by atoms with E-state index in [2.05, 4.69) is 11.6 Å². The van der Waals surface area contributed by atoms with Crippen LogP contribution in [0.5, 0.6) is 5.75 Å². The number of thiazole rings is 1. The Bertz CT molecular complexity index is 1000. The van der Waals surface area contributed by atoms with Gasteiger partial charge in [0, 0.05) is 6.54 Å². The van der Waals surface area contributed by atoms with Gasteiger partial charge in [-0.05, 0) is 36.8 Å². The number of rotatable bonds is 6. The third-order valence-corrected chi connectivity index (χ3v) is 4.82. The number of carbonyl (C=O) groups is 1. The molecule has 0 radical (unpaired) electrons. The first kappa shape index (κ1) is 18.1. The zero-order valence-corrected chi connectivity index (χ0v) is 15.3. The molecule has 26 heavy (non-hydrogen) atoms. The largest absolute Gasteiger partial charge is 0.494 e. The van der Waals surface area contributed by atoms with Crippen LogP contribution in [0.25, 0.3) is 10.2 Å². The molecule has 0 bridgehead atoms. The molecule has 4 nitrogen and oxygen atoms in total. The molecule has 0 fully saturated rings. The van der Waals surface area contributed by atoms with E-state index < -0.39 is 0 Å². The Labute approximate surface area is 154 Å². The van der Waals surface area contributed by atoms with Crippen molar-refractivity contribution in [1.29, 1.82) is 0 Å². The molecule has 0 aliphatic heterocycles. The Morgan fingerprint density at radius 2 is 2.08 bits per heavy atom. The minimum atomic E-state index is -0.332. The maximum absolute atomic E-state index is 14.2. The maximum atomic E-state index is 14.2. The summed E-state index contributed by atoms with van der Waals surface area (Å²) < 4.78 is 22.0. The van der Waals surface area contributed by atoms with Gasteiger partial charge in [0.25, 0.3) is 5.91 Å². The van der Waals surface area contributed by atoms with E-state index >= 15 is 0 Å². The fraction of sp³-hybridized carbons (Fsp3) is 0.200. The van der Waals surface area contributed by atoms with E-state index in [1.807, 2.05) is 37.3 Å². The molecular formula is C20H19FN2O2S. The smallest absolute Gasteiger partial charge is 0.252 e. The Kier molecular flexibility index (Phi) is 5.63. The normalized spacial score (nSPS) is 11.7. The maximum Gasteiger partial charge on any atom is 0.252 e. The molecule has 1 amide bonds. The highest BCUT2D eigenvalue weighted by molar-refractivity contribution is 7.16. The molecule has 0 atom stereocenters. The Morgan fingerprint density at radius 3 is 2.77 bits per heavy atom. The molecule has 1 heterocycles. The fourth-order valence-electron chi connectivity index (χ4n) is 2.66. The molecule has 0 saturated carbocycles. The summed E-state index contributed by atoms with van der Waals surface area (Å²) in [6, 6.07) is 12.2. The van der Waals surface area contributed by atoms with Crippen LogP contribution in [-0.4, -0.2) is 17.1 Å². The summed E-state index contributed by atoms with van der Waals surface area (Å²) in [5.41, 5.74) is 1.30. The van der Waals surface area contributed by atoms with Gasteiger partial charge in [-0.3, -0.25) is 4.79 Å². The zero-order valence-electron chi connectivity index (χ0n) is 14.4. The molecular weight excluding hydrogens is 351 g/mol. The predicted octanol–water partition coefficient (Wildman–Crippen LogP) is 4.10. The number of amides is 1. The van der Waals surface area contributed by atoms with Crippen molar-refractivity contribution < 1.29 is 13.9 Å². The van der Waals surface area contributed by atoms with Crippen LogP contribution in [0.3, 0.4) is 0 Å². The van der Waals surface area contributed by atoms with Crippen molar-refractivity contribution >= 4 is 27.5 Å². The number of para-hydroxylation sites is 1. The van der Waals surface area contributed by atoms with Gasteiger partial charge in [0.15, 0.2) is 4.80 Å². The molecule has 2 aromatic carbocycles. The lowest BCUT2D eigenvalue weighted by Gasteiger charge is -2.04. The number of allylic oxidation sites excluding steroid dienone is 1. The summed E-state index contributed by atoms with van der Waals surface area (Å²) in [7, 11) is 0. The van der Waals surface area contributed by atoms with Crippen LogP contribution in [0.4, 0.5) is 4.39 Å². The van der Waals surface area contributed by atoms with Crippen molar-refractivity contribution in [3.8, 4) is 5.75 Å². The summed E-state index contributed by atoms with van der Waals surface area (Å²) in [6.07, 6.45) is 1.84. The summed E-state index contributed by atoms with van der Waals surface area (Å²) >= 11 is 1.29. The standard InChI is InChI=1S/C20H19FN2O2S/c1-3-12-23-19-16(21)6-5-7-17(19)26-20(23)22-18(24)13-14-8-10-15(11-9-14)25-4-2/h3,5-11H,1,4,12-13H2,2H3. The topological polar surface area (TPSA) is 43.6 Å². The average Bonchev–Trinajstić information content (AvgIpc) is 2.96. The molecule has 6 heteroatoms. The predicted molar refractivity (Wildman–Crippen MR) is 102 cm³/mol. The highest BCUT2D eigenvalue weighted by atomic mass is 32.1. The Morgan fingerprint density at radius 1 is 1.31 bits per heavy atom. The number of halogens is 1. The summed E-state index contributed by atoms with van der Waals surface area (Å²) in [5, 5.41) is 0. The molecule has 134 valence electrons. The van der Waals surface area contributed by atoms with E-state index in [-0.39, 0.29) is 18.1 Å². The van der Waals surface area contributed by atoms with E-state index in [1.54, 1.807) is 16.7 Å². The van der Waals surface area contributed by atoms with Gasteiger partial charge in [-0.25, -0.2) is 4.39 Å². The molecule has 1 aromatic heterocycles. The third-order valence-electron chi connectivity index (χ3n) is 3.77. The zero-order chi connectivity index (χ0) is 18.5. The lowest BCUT2D eigenvalue weighted by atomic mass is 10.1. The van der Waals surface area contributed by atoms with Crippen LogP contribution >= 0.6 is 11.3 Å². The minimum Gasteiger partial charge on any atom is -0.494 e. The van der Waals surface area contributed by atoms with Crippen molar-refractivity contribution in [3.05, 3.63) is 71.3 Å². The Balaban J connectivity index is 1.91. The number of ether oxygens (including phenoxy) is 1. The van der Waals surface area contributed by atoms with Crippen molar-refractivity contribution in [3.63, 3.8) is 0 Å². The molecule has 3 aromatic rings. The molecule has 0 saturated heterocycles. The van der Waals surface area contributed by atoms with Crippen molar-refractivity contribution in [2.75, 3.05) is 6.61 Å². The lowest BCUT2D eigenvalue weighted by molar-refractivity contribution is -0.117. The van der Waals surface area contributed by atoms with E-state index in [0.717, 1.165) is 16.0 Å². The van der Waals surface area contributed by atoms with Crippen molar-refractivity contribution in [2.24, 2.45) is 4.99 Å². The van der Waals surface area contributed by atoms with E-state index in [0.29, 0.717) is 23.5 Å². The van der Waals surface area contributed by atoms with Crippen LogP contribution in [0.2, 0.25) is 0 Å². The van der Waals surface area contributed by atoms with E-state index in [4.69, 9.17) is 4.74 Å². The molecule has 0 aliphatic carbocycles. The lowest BCUT2D eigenvalue weighted by Crippen LogP contribution is -2.17. The number of aromatic nitrogens is 1. The van der Waals surface area contributed by atoms with Crippen LogP contribution in [-0.2, 0) is 17.8 Å². The van der Waals surface area contributed by atoms with Crippen molar-refractivity contribution in [2.45, 2.75) is 19.9 Å². The van der Waals surface area contributed by atoms with Gasteiger partial charge in [0.05, 0.1) is 23.2 Å². The number of carbonyl (C=O) groups excluding carboxylic acids is 1. The monoisotopic (exact) mass is 370 g/mol. The molecule has 0 spiro atoms.